The molecule has 2 aliphatic rings. The number of hydrogen-bond acceptors (Lipinski definition) is 5. The highest BCUT2D eigenvalue weighted by molar-refractivity contribution is 5.85. The van der Waals surface area contributed by atoms with Crippen LogP contribution in [0.1, 0.15) is 31.0 Å². The maximum Gasteiger partial charge on any atom is 0.262 e. The third-order valence-corrected chi connectivity index (χ3v) is 5.18. The molecule has 0 radical (unpaired) electrons. The molecule has 1 amide bonds. The van der Waals surface area contributed by atoms with Crippen molar-refractivity contribution < 1.29 is 13.9 Å². The van der Waals surface area contributed by atoms with E-state index in [4.69, 9.17) is 4.74 Å². The van der Waals surface area contributed by atoms with Crippen molar-refractivity contribution in [1.82, 2.24) is 24.6 Å². The number of hydrogen-bond donors (Lipinski definition) is 0. The molecule has 4 heterocycles. The van der Waals surface area contributed by atoms with E-state index in [1.165, 1.54) is 0 Å². The zero-order valence-electron chi connectivity index (χ0n) is 14.8. The predicted octanol–water partition coefficient (Wildman–Crippen LogP) is 1.71. The first kappa shape index (κ1) is 17.1. The molecule has 2 saturated heterocycles. The summed E-state index contributed by atoms with van der Waals surface area (Å²) >= 11 is 0. The van der Waals surface area contributed by atoms with E-state index in [0.717, 1.165) is 29.9 Å². The van der Waals surface area contributed by atoms with E-state index in [2.05, 4.69) is 15.1 Å². The number of amides is 1. The molecular weight excluding hydrogens is 337 g/mol. The highest BCUT2D eigenvalue weighted by atomic mass is 19.1. The third kappa shape index (κ3) is 3.21. The van der Waals surface area contributed by atoms with Crippen molar-refractivity contribution in [3.63, 3.8) is 0 Å². The van der Waals surface area contributed by atoms with Gasteiger partial charge in [0.05, 0.1) is 25.1 Å². The summed E-state index contributed by atoms with van der Waals surface area (Å²) in [5.41, 5.74) is -0.0550. The number of aryl methyl sites for hydroxylation is 1. The Morgan fingerprint density at radius 2 is 2.19 bits per heavy atom. The van der Waals surface area contributed by atoms with Gasteiger partial charge < -0.3 is 9.64 Å². The molecule has 8 heteroatoms. The summed E-state index contributed by atoms with van der Waals surface area (Å²) < 4.78 is 21.4. The van der Waals surface area contributed by atoms with Crippen molar-refractivity contribution in [3.05, 3.63) is 30.5 Å². The standard InChI is InChI=1S/C18H22FN5O2/c1-23-11-14(10-21-23)15-2-6-20-16(22-15)13-3-7-24(8-4-13)17(25)18(19)5-9-26-12-18/h2,6,10-11,13H,3-5,7-9,12H2,1H3. The summed E-state index contributed by atoms with van der Waals surface area (Å²) in [5, 5.41) is 4.18. The summed E-state index contributed by atoms with van der Waals surface area (Å²) in [6.07, 6.45) is 7.07. The normalized spacial score (nSPS) is 24.2. The highest BCUT2D eigenvalue weighted by Gasteiger charge is 2.45. The van der Waals surface area contributed by atoms with E-state index >= 15 is 0 Å². The number of aromatic nitrogens is 4. The lowest BCUT2D eigenvalue weighted by Gasteiger charge is -2.34. The summed E-state index contributed by atoms with van der Waals surface area (Å²) in [6, 6.07) is 1.87. The van der Waals surface area contributed by atoms with Crippen LogP contribution in [-0.2, 0) is 16.6 Å². The molecule has 7 nitrogen and oxygen atoms in total. The van der Waals surface area contributed by atoms with E-state index in [-0.39, 0.29) is 18.9 Å². The Balaban J connectivity index is 1.43. The topological polar surface area (TPSA) is 73.1 Å². The zero-order chi connectivity index (χ0) is 18.1. The Kier molecular flexibility index (Phi) is 4.44. The second kappa shape index (κ2) is 6.75. The number of alkyl halides is 1. The van der Waals surface area contributed by atoms with Crippen molar-refractivity contribution >= 4 is 5.91 Å². The first-order valence-corrected chi connectivity index (χ1v) is 8.93. The van der Waals surface area contributed by atoms with Crippen molar-refractivity contribution in [2.45, 2.75) is 30.8 Å². The largest absolute Gasteiger partial charge is 0.377 e. The van der Waals surface area contributed by atoms with E-state index in [1.54, 1.807) is 22.0 Å². The molecule has 138 valence electrons. The molecular formula is C18H22FN5O2. The number of rotatable bonds is 3. The lowest BCUT2D eigenvalue weighted by atomic mass is 9.94. The summed E-state index contributed by atoms with van der Waals surface area (Å²) in [5.74, 6) is 0.516. The summed E-state index contributed by atoms with van der Waals surface area (Å²) in [7, 11) is 1.87. The van der Waals surface area contributed by atoms with Gasteiger partial charge in [-0.3, -0.25) is 9.48 Å². The smallest absolute Gasteiger partial charge is 0.262 e. The van der Waals surface area contributed by atoms with Crippen LogP contribution >= 0.6 is 0 Å². The van der Waals surface area contributed by atoms with E-state index in [1.807, 2.05) is 19.3 Å². The van der Waals surface area contributed by atoms with Crippen LogP contribution in [-0.4, -0.2) is 62.5 Å². The SMILES string of the molecule is Cn1cc(-c2ccnc(C3CCN(C(=O)C4(F)CCOC4)CC3)n2)cn1. The maximum absolute atomic E-state index is 14.6. The number of ether oxygens (including phenoxy) is 1. The maximum atomic E-state index is 14.6. The molecule has 0 aliphatic carbocycles. The van der Waals surface area contributed by atoms with Gasteiger partial charge in [0.25, 0.3) is 5.91 Å². The molecule has 0 spiro atoms. The lowest BCUT2D eigenvalue weighted by Crippen LogP contribution is -2.49. The van der Waals surface area contributed by atoms with Gasteiger partial charge in [0.15, 0.2) is 0 Å². The van der Waals surface area contributed by atoms with Crippen molar-refractivity contribution in [3.8, 4) is 11.3 Å². The number of likely N-dealkylation sites (tertiary alicyclic amines) is 1. The van der Waals surface area contributed by atoms with Gasteiger partial charge >= 0.3 is 0 Å². The van der Waals surface area contributed by atoms with E-state index < -0.39 is 11.6 Å². The van der Waals surface area contributed by atoms with Crippen molar-refractivity contribution in [2.24, 2.45) is 7.05 Å². The van der Waals surface area contributed by atoms with Crippen LogP contribution in [0, 0.1) is 0 Å². The predicted molar refractivity (Wildman–Crippen MR) is 92.1 cm³/mol. The van der Waals surface area contributed by atoms with Gasteiger partial charge in [0.2, 0.25) is 5.67 Å². The molecule has 1 unspecified atom stereocenters. The second-order valence-electron chi connectivity index (χ2n) is 7.04. The monoisotopic (exact) mass is 359 g/mol. The molecule has 2 aliphatic heterocycles. The van der Waals surface area contributed by atoms with Gasteiger partial charge in [-0.15, -0.1) is 0 Å². The minimum atomic E-state index is -1.84. The quantitative estimate of drug-likeness (QED) is 0.834. The van der Waals surface area contributed by atoms with Gasteiger partial charge in [-0.2, -0.15) is 5.10 Å². The molecule has 0 saturated carbocycles. The average molecular weight is 359 g/mol. The van der Waals surface area contributed by atoms with Gasteiger partial charge in [0, 0.05) is 50.4 Å². The fraction of sp³-hybridized carbons (Fsp3) is 0.556. The minimum absolute atomic E-state index is 0.123. The van der Waals surface area contributed by atoms with Crippen LogP contribution < -0.4 is 0 Å². The van der Waals surface area contributed by atoms with Crippen LogP contribution in [0.25, 0.3) is 11.3 Å². The van der Waals surface area contributed by atoms with Gasteiger partial charge in [-0.05, 0) is 18.9 Å². The summed E-state index contributed by atoms with van der Waals surface area (Å²) in [4.78, 5) is 23.2. The van der Waals surface area contributed by atoms with Gasteiger partial charge in [-0.25, -0.2) is 14.4 Å². The number of carbonyl (C=O) groups is 1. The molecule has 4 rings (SSSR count). The van der Waals surface area contributed by atoms with Crippen LogP contribution in [0.3, 0.4) is 0 Å². The molecule has 2 fully saturated rings. The number of nitrogens with zero attached hydrogens (tertiary/aromatic N) is 5. The Morgan fingerprint density at radius 3 is 2.85 bits per heavy atom. The van der Waals surface area contributed by atoms with E-state index in [0.29, 0.717) is 19.7 Å². The van der Waals surface area contributed by atoms with Crippen LogP contribution in [0.2, 0.25) is 0 Å². The van der Waals surface area contributed by atoms with Crippen molar-refractivity contribution in [2.75, 3.05) is 26.3 Å². The fourth-order valence-electron chi connectivity index (χ4n) is 3.62. The Morgan fingerprint density at radius 1 is 1.38 bits per heavy atom. The summed E-state index contributed by atoms with van der Waals surface area (Å²) in [6.45, 7) is 1.24. The second-order valence-corrected chi connectivity index (χ2v) is 7.04. The highest BCUT2D eigenvalue weighted by Crippen LogP contribution is 2.31. The number of carbonyl (C=O) groups excluding carboxylic acids is 1. The molecule has 2 aromatic heterocycles. The van der Waals surface area contributed by atoms with Crippen molar-refractivity contribution in [1.29, 1.82) is 0 Å². The molecule has 2 aromatic rings. The number of piperidine rings is 1. The molecule has 1 atom stereocenters. The Hall–Kier alpha value is -2.35. The van der Waals surface area contributed by atoms with Gasteiger partial charge in [-0.1, -0.05) is 0 Å². The number of halogens is 1. The first-order chi connectivity index (χ1) is 12.5. The lowest BCUT2D eigenvalue weighted by molar-refractivity contribution is -0.145. The Bertz CT molecular complexity index is 794. The van der Waals surface area contributed by atoms with Crippen LogP contribution in [0.4, 0.5) is 4.39 Å². The third-order valence-electron chi connectivity index (χ3n) is 5.18. The molecule has 0 aromatic carbocycles. The fourth-order valence-corrected chi connectivity index (χ4v) is 3.62. The van der Waals surface area contributed by atoms with E-state index in [9.17, 15) is 9.18 Å². The zero-order valence-corrected chi connectivity index (χ0v) is 14.8. The molecule has 0 N–H and O–H groups in total. The molecule has 0 bridgehead atoms. The minimum Gasteiger partial charge on any atom is -0.377 e. The van der Waals surface area contributed by atoms with Crippen LogP contribution in [0.15, 0.2) is 24.7 Å². The molecule has 26 heavy (non-hydrogen) atoms. The first-order valence-electron chi connectivity index (χ1n) is 8.93. The van der Waals surface area contributed by atoms with Gasteiger partial charge in [0.1, 0.15) is 5.82 Å². The average Bonchev–Trinajstić information content (AvgIpc) is 3.31. The Labute approximate surface area is 151 Å². The van der Waals surface area contributed by atoms with Crippen LogP contribution in [0.5, 0.6) is 0 Å².